The molecule has 0 spiro atoms. The minimum atomic E-state index is -1.24. The standard InChI is InChI=1S/C10H11ClO3.C4H11N/c1-6-5-8(11)3-4-9(6)14-7(2)10(12)13;1-3-5-4-2/h3-5,7H,1-2H3,(H,12,13);5H,3-4H2,1-2H3/t7-;/m0./s1. The summed E-state index contributed by atoms with van der Waals surface area (Å²) >= 11 is 5.73. The van der Waals surface area contributed by atoms with Crippen LogP contribution in [0.4, 0.5) is 0 Å². The van der Waals surface area contributed by atoms with E-state index in [1.807, 2.05) is 0 Å². The van der Waals surface area contributed by atoms with Crippen molar-refractivity contribution in [2.75, 3.05) is 13.1 Å². The van der Waals surface area contributed by atoms with E-state index in [0.717, 1.165) is 5.56 Å². The van der Waals surface area contributed by atoms with Crippen LogP contribution in [0, 0.1) is 6.92 Å². The van der Waals surface area contributed by atoms with Gasteiger partial charge in [-0.25, -0.2) is 0 Å². The molecule has 0 amide bonds. The summed E-state index contributed by atoms with van der Waals surface area (Å²) in [7, 11) is 0. The second kappa shape index (κ2) is 9.64. The highest BCUT2D eigenvalue weighted by Crippen LogP contribution is 2.22. The number of carboxylic acids is 1. The second-order valence-electron chi connectivity index (χ2n) is 4.09. The number of hydrogen-bond acceptors (Lipinski definition) is 3. The fourth-order valence-corrected chi connectivity index (χ4v) is 1.50. The topological polar surface area (TPSA) is 66.0 Å². The predicted octanol–water partition coefficient (Wildman–Crippen LogP) is 0.755. The van der Waals surface area contributed by atoms with Gasteiger partial charge in [-0.2, -0.15) is 0 Å². The monoisotopic (exact) mass is 287 g/mol. The van der Waals surface area contributed by atoms with Gasteiger partial charge < -0.3 is 20.0 Å². The number of ether oxygens (including phenoxy) is 1. The molecule has 0 fully saturated rings. The first-order valence-corrected chi connectivity index (χ1v) is 6.75. The van der Waals surface area contributed by atoms with Crippen molar-refractivity contribution in [2.24, 2.45) is 0 Å². The first-order chi connectivity index (χ1) is 8.92. The molecule has 1 atom stereocenters. The normalized spacial score (nSPS) is 11.2. The second-order valence-corrected chi connectivity index (χ2v) is 4.53. The molecule has 2 N–H and O–H groups in total. The molecule has 0 aromatic heterocycles. The van der Waals surface area contributed by atoms with Crippen molar-refractivity contribution >= 4 is 17.6 Å². The van der Waals surface area contributed by atoms with E-state index in [1.165, 1.54) is 20.0 Å². The molecule has 108 valence electrons. The summed E-state index contributed by atoms with van der Waals surface area (Å²) in [5.74, 6) is -0.731. The number of hydrogen-bond donors (Lipinski definition) is 1. The van der Waals surface area contributed by atoms with Crippen molar-refractivity contribution in [3.05, 3.63) is 28.8 Å². The zero-order chi connectivity index (χ0) is 14.8. The van der Waals surface area contributed by atoms with Crippen LogP contribution < -0.4 is 15.2 Å². The molecular weight excluding hydrogens is 266 g/mol. The predicted molar refractivity (Wildman–Crippen MR) is 74.3 cm³/mol. The number of aryl methyl sites for hydroxylation is 1. The summed E-state index contributed by atoms with van der Waals surface area (Å²) in [6.07, 6.45) is -0.963. The molecule has 1 rings (SSSR count). The van der Waals surface area contributed by atoms with Crippen LogP contribution in [0.1, 0.15) is 26.3 Å². The van der Waals surface area contributed by atoms with Gasteiger partial charge in [0.25, 0.3) is 0 Å². The smallest absolute Gasteiger partial charge is 0.135 e. The van der Waals surface area contributed by atoms with E-state index in [1.54, 1.807) is 25.1 Å². The van der Waals surface area contributed by atoms with Crippen molar-refractivity contribution in [2.45, 2.75) is 33.8 Å². The molecule has 5 heteroatoms. The maximum Gasteiger partial charge on any atom is 0.135 e. The molecule has 0 radical (unpaired) electrons. The third-order valence-electron chi connectivity index (χ3n) is 2.35. The van der Waals surface area contributed by atoms with Crippen molar-refractivity contribution in [3.63, 3.8) is 0 Å². The lowest BCUT2D eigenvalue weighted by molar-refractivity contribution is -0.648. The van der Waals surface area contributed by atoms with Crippen LogP contribution in [0.5, 0.6) is 5.75 Å². The van der Waals surface area contributed by atoms with Crippen molar-refractivity contribution in [1.29, 1.82) is 0 Å². The fourth-order valence-electron chi connectivity index (χ4n) is 1.27. The average molecular weight is 288 g/mol. The Morgan fingerprint density at radius 3 is 2.37 bits per heavy atom. The van der Waals surface area contributed by atoms with Gasteiger partial charge in [-0.1, -0.05) is 11.6 Å². The van der Waals surface area contributed by atoms with E-state index >= 15 is 0 Å². The minimum Gasteiger partial charge on any atom is -0.546 e. The molecule has 1 aromatic carbocycles. The summed E-state index contributed by atoms with van der Waals surface area (Å²) in [6, 6.07) is 4.99. The number of rotatable bonds is 5. The van der Waals surface area contributed by atoms with E-state index < -0.39 is 12.1 Å². The molecule has 19 heavy (non-hydrogen) atoms. The molecular formula is C14H22ClNO3. The molecule has 0 aliphatic heterocycles. The Kier molecular flexibility index (Phi) is 9.00. The molecule has 0 unspecified atom stereocenters. The van der Waals surface area contributed by atoms with E-state index in [4.69, 9.17) is 16.3 Å². The molecule has 0 aliphatic rings. The Hall–Kier alpha value is -1.26. The summed E-state index contributed by atoms with van der Waals surface area (Å²) in [5, 5.41) is 13.3. The summed E-state index contributed by atoms with van der Waals surface area (Å²) in [6.45, 7) is 9.96. The van der Waals surface area contributed by atoms with Crippen LogP contribution in [0.25, 0.3) is 0 Å². The van der Waals surface area contributed by atoms with Crippen molar-refractivity contribution in [3.8, 4) is 5.75 Å². The Morgan fingerprint density at radius 1 is 1.42 bits per heavy atom. The molecule has 0 saturated heterocycles. The number of benzene rings is 1. The average Bonchev–Trinajstić information content (AvgIpc) is 2.34. The van der Waals surface area contributed by atoms with E-state index in [-0.39, 0.29) is 0 Å². The minimum absolute atomic E-state index is 0.506. The maximum absolute atomic E-state index is 10.4. The lowest BCUT2D eigenvalue weighted by atomic mass is 10.2. The highest BCUT2D eigenvalue weighted by Gasteiger charge is 2.06. The number of carboxylic acid groups (broad SMARTS) is 1. The first-order valence-electron chi connectivity index (χ1n) is 6.37. The van der Waals surface area contributed by atoms with Crippen LogP contribution in [0.3, 0.4) is 0 Å². The van der Waals surface area contributed by atoms with Gasteiger partial charge >= 0.3 is 0 Å². The summed E-state index contributed by atoms with van der Waals surface area (Å²) < 4.78 is 5.14. The lowest BCUT2D eigenvalue weighted by Crippen LogP contribution is -2.82. The van der Waals surface area contributed by atoms with Crippen LogP contribution >= 0.6 is 11.6 Å². The zero-order valence-electron chi connectivity index (χ0n) is 11.9. The highest BCUT2D eigenvalue weighted by atomic mass is 35.5. The van der Waals surface area contributed by atoms with Gasteiger partial charge in [0, 0.05) is 5.02 Å². The van der Waals surface area contributed by atoms with Gasteiger partial charge in [-0.05, 0) is 51.5 Å². The molecule has 0 aliphatic carbocycles. The Morgan fingerprint density at radius 2 is 2.00 bits per heavy atom. The summed E-state index contributed by atoms with van der Waals surface area (Å²) in [4.78, 5) is 10.4. The SMILES string of the molecule is CC[NH2+]CC.Cc1cc(Cl)ccc1O[C@@H](C)C(=O)[O-]. The van der Waals surface area contributed by atoms with Gasteiger partial charge in [0.15, 0.2) is 0 Å². The first kappa shape index (κ1) is 17.7. The van der Waals surface area contributed by atoms with E-state index in [9.17, 15) is 9.90 Å². The number of carbonyl (C=O) groups excluding carboxylic acids is 1. The third kappa shape index (κ3) is 7.70. The van der Waals surface area contributed by atoms with Crippen molar-refractivity contribution in [1.82, 2.24) is 0 Å². The molecule has 4 nitrogen and oxygen atoms in total. The molecule has 0 bridgehead atoms. The van der Waals surface area contributed by atoms with Gasteiger partial charge in [-0.3, -0.25) is 0 Å². The number of quaternary nitrogens is 1. The van der Waals surface area contributed by atoms with E-state index in [2.05, 4.69) is 19.2 Å². The zero-order valence-corrected chi connectivity index (χ0v) is 12.7. The highest BCUT2D eigenvalue weighted by molar-refractivity contribution is 6.30. The number of nitrogens with two attached hydrogens (primary N) is 1. The maximum atomic E-state index is 10.4. The third-order valence-corrected chi connectivity index (χ3v) is 2.59. The number of aliphatic carboxylic acids is 1. The molecule has 0 heterocycles. The van der Waals surface area contributed by atoms with Gasteiger partial charge in [0.05, 0.1) is 19.1 Å². The Balaban J connectivity index is 0.000000555. The van der Waals surface area contributed by atoms with E-state index in [0.29, 0.717) is 10.8 Å². The fraction of sp³-hybridized carbons (Fsp3) is 0.500. The van der Waals surface area contributed by atoms with Crippen LogP contribution in [-0.4, -0.2) is 25.2 Å². The molecule has 0 saturated carbocycles. The van der Waals surface area contributed by atoms with Gasteiger partial charge in [-0.15, -0.1) is 0 Å². The Bertz CT molecular complexity index is 394. The quantitative estimate of drug-likeness (QED) is 0.869. The number of halogens is 1. The Labute approximate surface area is 119 Å². The van der Waals surface area contributed by atoms with Crippen LogP contribution in [-0.2, 0) is 4.79 Å². The molecule has 1 aromatic rings. The van der Waals surface area contributed by atoms with Gasteiger partial charge in [0.2, 0.25) is 0 Å². The van der Waals surface area contributed by atoms with Crippen LogP contribution in [0.2, 0.25) is 5.02 Å². The largest absolute Gasteiger partial charge is 0.546 e. The number of carbonyl (C=O) groups is 1. The lowest BCUT2D eigenvalue weighted by Gasteiger charge is -2.16. The van der Waals surface area contributed by atoms with Gasteiger partial charge in [0.1, 0.15) is 11.9 Å². The van der Waals surface area contributed by atoms with Crippen LogP contribution in [0.15, 0.2) is 18.2 Å². The summed E-state index contributed by atoms with van der Waals surface area (Å²) in [5.41, 5.74) is 0.797. The van der Waals surface area contributed by atoms with Crippen molar-refractivity contribution < 1.29 is 20.0 Å².